The van der Waals surface area contributed by atoms with Crippen LogP contribution in [0.3, 0.4) is 0 Å². The van der Waals surface area contributed by atoms with E-state index in [9.17, 15) is 9.59 Å². The molecule has 0 fully saturated rings. The quantitative estimate of drug-likeness (QED) is 0.798. The molecule has 0 aromatic carbocycles. The van der Waals surface area contributed by atoms with Gasteiger partial charge in [-0.05, 0) is 5.92 Å². The molecule has 0 radical (unpaired) electrons. The zero-order valence-electron chi connectivity index (χ0n) is 11.3. The second-order valence-electron chi connectivity index (χ2n) is 4.84. The molecular formula is C12H16N6O2. The molecule has 20 heavy (non-hydrogen) atoms. The SMILES string of the molecule is CC(C)Cn1ccnc(-n2cc(N)c(C(N)=O)n2)c1=O. The van der Waals surface area contributed by atoms with Crippen molar-refractivity contribution in [3.63, 3.8) is 0 Å². The summed E-state index contributed by atoms with van der Waals surface area (Å²) in [4.78, 5) is 27.4. The number of carbonyl (C=O) groups is 1. The zero-order valence-corrected chi connectivity index (χ0v) is 11.3. The van der Waals surface area contributed by atoms with Gasteiger partial charge in [0.2, 0.25) is 5.82 Å². The average molecular weight is 276 g/mol. The molecule has 2 heterocycles. The number of hydrogen-bond donors (Lipinski definition) is 2. The molecule has 0 spiro atoms. The molecule has 2 rings (SSSR count). The van der Waals surface area contributed by atoms with Crippen LogP contribution >= 0.6 is 0 Å². The Bertz CT molecular complexity index is 700. The number of nitrogens with zero attached hydrogens (tertiary/aromatic N) is 4. The van der Waals surface area contributed by atoms with Crippen LogP contribution in [0.2, 0.25) is 0 Å². The number of carbonyl (C=O) groups excluding carboxylic acids is 1. The molecule has 0 atom stereocenters. The van der Waals surface area contributed by atoms with Gasteiger partial charge in [-0.3, -0.25) is 9.59 Å². The van der Waals surface area contributed by atoms with Crippen molar-refractivity contribution in [2.45, 2.75) is 20.4 Å². The number of rotatable bonds is 4. The van der Waals surface area contributed by atoms with Crippen molar-refractivity contribution < 1.29 is 4.79 Å². The van der Waals surface area contributed by atoms with Gasteiger partial charge < -0.3 is 16.0 Å². The van der Waals surface area contributed by atoms with E-state index in [1.165, 1.54) is 21.6 Å². The summed E-state index contributed by atoms with van der Waals surface area (Å²) in [6, 6.07) is 0. The predicted octanol–water partition coefficient (Wildman–Crippen LogP) is -0.234. The van der Waals surface area contributed by atoms with E-state index in [1.807, 2.05) is 13.8 Å². The first kappa shape index (κ1) is 13.8. The Morgan fingerprint density at radius 2 is 2.15 bits per heavy atom. The lowest BCUT2D eigenvalue weighted by Gasteiger charge is -2.09. The highest BCUT2D eigenvalue weighted by Crippen LogP contribution is 2.10. The topological polar surface area (TPSA) is 122 Å². The lowest BCUT2D eigenvalue weighted by Crippen LogP contribution is -2.27. The Hall–Kier alpha value is -2.64. The van der Waals surface area contributed by atoms with Gasteiger partial charge in [0.15, 0.2) is 5.69 Å². The van der Waals surface area contributed by atoms with E-state index in [0.29, 0.717) is 12.5 Å². The zero-order chi connectivity index (χ0) is 14.9. The first-order valence-corrected chi connectivity index (χ1v) is 6.11. The number of anilines is 1. The highest BCUT2D eigenvalue weighted by Gasteiger charge is 2.15. The van der Waals surface area contributed by atoms with Crippen molar-refractivity contribution in [3.8, 4) is 5.82 Å². The summed E-state index contributed by atoms with van der Waals surface area (Å²) in [5, 5.41) is 3.90. The van der Waals surface area contributed by atoms with Gasteiger partial charge in [0.25, 0.3) is 11.5 Å². The number of nitrogen functional groups attached to an aromatic ring is 1. The van der Waals surface area contributed by atoms with Crippen molar-refractivity contribution in [2.75, 3.05) is 5.73 Å². The first-order valence-electron chi connectivity index (χ1n) is 6.11. The van der Waals surface area contributed by atoms with E-state index in [-0.39, 0.29) is 22.8 Å². The number of primary amides is 1. The minimum Gasteiger partial charge on any atom is -0.396 e. The summed E-state index contributed by atoms with van der Waals surface area (Å²) in [6.45, 7) is 4.57. The van der Waals surface area contributed by atoms with Gasteiger partial charge in [-0.15, -0.1) is 0 Å². The van der Waals surface area contributed by atoms with Crippen LogP contribution < -0.4 is 17.0 Å². The maximum atomic E-state index is 12.3. The van der Waals surface area contributed by atoms with Crippen LogP contribution in [0.5, 0.6) is 0 Å². The van der Waals surface area contributed by atoms with Crippen molar-refractivity contribution in [1.29, 1.82) is 0 Å². The molecule has 0 saturated carbocycles. The lowest BCUT2D eigenvalue weighted by molar-refractivity contribution is 0.0996. The molecule has 0 aliphatic heterocycles. The van der Waals surface area contributed by atoms with Gasteiger partial charge in [0.05, 0.1) is 11.9 Å². The fourth-order valence-electron chi connectivity index (χ4n) is 1.82. The van der Waals surface area contributed by atoms with E-state index >= 15 is 0 Å². The van der Waals surface area contributed by atoms with Gasteiger partial charge in [0, 0.05) is 18.9 Å². The molecule has 8 heteroatoms. The molecule has 1 amide bonds. The van der Waals surface area contributed by atoms with E-state index in [0.717, 1.165) is 0 Å². The fraction of sp³-hybridized carbons (Fsp3) is 0.333. The van der Waals surface area contributed by atoms with Gasteiger partial charge in [-0.25, -0.2) is 9.67 Å². The van der Waals surface area contributed by atoms with Gasteiger partial charge in [-0.2, -0.15) is 5.10 Å². The molecule has 2 aromatic heterocycles. The molecule has 0 unspecified atom stereocenters. The summed E-state index contributed by atoms with van der Waals surface area (Å²) in [5.41, 5.74) is 10.5. The van der Waals surface area contributed by atoms with Crippen LogP contribution in [0.25, 0.3) is 5.82 Å². The molecule has 0 saturated heterocycles. The maximum Gasteiger partial charge on any atom is 0.295 e. The van der Waals surface area contributed by atoms with Gasteiger partial charge in [-0.1, -0.05) is 13.8 Å². The van der Waals surface area contributed by atoms with Gasteiger partial charge in [0.1, 0.15) is 0 Å². The van der Waals surface area contributed by atoms with E-state index in [4.69, 9.17) is 11.5 Å². The second-order valence-corrected chi connectivity index (χ2v) is 4.84. The Morgan fingerprint density at radius 1 is 1.45 bits per heavy atom. The third kappa shape index (κ3) is 2.53. The highest BCUT2D eigenvalue weighted by atomic mass is 16.1. The van der Waals surface area contributed by atoms with Crippen molar-refractivity contribution >= 4 is 11.6 Å². The molecule has 0 bridgehead atoms. The Labute approximate surface area is 115 Å². The minimum atomic E-state index is -0.750. The Kier molecular flexibility index (Phi) is 3.55. The van der Waals surface area contributed by atoms with Crippen molar-refractivity contribution in [1.82, 2.24) is 19.3 Å². The number of aromatic nitrogens is 4. The maximum absolute atomic E-state index is 12.3. The molecule has 2 aromatic rings. The lowest BCUT2D eigenvalue weighted by atomic mass is 10.2. The summed E-state index contributed by atoms with van der Waals surface area (Å²) in [7, 11) is 0. The summed E-state index contributed by atoms with van der Waals surface area (Å²) >= 11 is 0. The molecule has 106 valence electrons. The largest absolute Gasteiger partial charge is 0.396 e. The molecule has 0 aliphatic rings. The van der Waals surface area contributed by atoms with E-state index < -0.39 is 5.91 Å². The van der Waals surface area contributed by atoms with Crippen LogP contribution in [0.4, 0.5) is 5.69 Å². The van der Waals surface area contributed by atoms with Crippen LogP contribution in [0.1, 0.15) is 24.3 Å². The van der Waals surface area contributed by atoms with Crippen molar-refractivity contribution in [3.05, 3.63) is 34.6 Å². The highest BCUT2D eigenvalue weighted by molar-refractivity contribution is 5.95. The smallest absolute Gasteiger partial charge is 0.295 e. The Morgan fingerprint density at radius 3 is 2.70 bits per heavy atom. The van der Waals surface area contributed by atoms with Crippen LogP contribution in [-0.2, 0) is 6.54 Å². The first-order chi connectivity index (χ1) is 9.40. The molecular weight excluding hydrogens is 260 g/mol. The number of amides is 1. The molecule has 4 N–H and O–H groups in total. The van der Waals surface area contributed by atoms with E-state index in [2.05, 4.69) is 10.1 Å². The van der Waals surface area contributed by atoms with Gasteiger partial charge >= 0.3 is 0 Å². The predicted molar refractivity (Wildman–Crippen MR) is 73.4 cm³/mol. The van der Waals surface area contributed by atoms with Crippen LogP contribution in [-0.4, -0.2) is 25.2 Å². The number of hydrogen-bond acceptors (Lipinski definition) is 5. The monoisotopic (exact) mass is 276 g/mol. The summed E-state index contributed by atoms with van der Waals surface area (Å²) < 4.78 is 2.71. The third-order valence-electron chi connectivity index (χ3n) is 2.65. The van der Waals surface area contributed by atoms with Crippen LogP contribution in [0.15, 0.2) is 23.4 Å². The fourth-order valence-corrected chi connectivity index (χ4v) is 1.82. The summed E-state index contributed by atoms with van der Waals surface area (Å²) in [5.74, 6) is -0.362. The average Bonchev–Trinajstić information content (AvgIpc) is 2.73. The number of nitrogens with two attached hydrogens (primary N) is 2. The third-order valence-corrected chi connectivity index (χ3v) is 2.65. The second kappa shape index (κ2) is 5.16. The molecule has 8 nitrogen and oxygen atoms in total. The molecule has 0 aliphatic carbocycles. The summed E-state index contributed by atoms with van der Waals surface area (Å²) in [6.07, 6.45) is 4.46. The standard InChI is InChI=1S/C12H16N6O2/c1-7(2)5-17-4-3-15-11(12(17)20)18-6-8(13)9(16-18)10(14)19/h3-4,6-7H,5,13H2,1-2H3,(H2,14,19). The van der Waals surface area contributed by atoms with Crippen LogP contribution in [0, 0.1) is 5.92 Å². The normalized spacial score (nSPS) is 10.9. The minimum absolute atomic E-state index is 0.0763. The Balaban J connectivity index is 2.51. The van der Waals surface area contributed by atoms with Crippen molar-refractivity contribution in [2.24, 2.45) is 11.7 Å². The van der Waals surface area contributed by atoms with E-state index in [1.54, 1.807) is 6.20 Å².